The Morgan fingerprint density at radius 2 is 2.11 bits per heavy atom. The largest absolute Gasteiger partial charge is 0.305 e. The molecule has 0 spiro atoms. The molecule has 1 N–H and O–H groups in total. The van der Waals surface area contributed by atoms with Crippen LogP contribution in [0.3, 0.4) is 0 Å². The Balaban J connectivity index is 2.18. The monoisotopic (exact) mass is 251 g/mol. The van der Waals surface area contributed by atoms with Crippen molar-refractivity contribution in [3.05, 3.63) is 46.8 Å². The third-order valence-corrected chi connectivity index (χ3v) is 2.49. The number of fused-ring (bicyclic) bond motifs is 1. The van der Waals surface area contributed by atoms with Crippen molar-refractivity contribution in [3.8, 4) is 5.69 Å². The molecule has 92 valence electrons. The molecule has 3 heterocycles. The topological polar surface area (TPSA) is 68.0 Å². The second kappa shape index (κ2) is 3.76. The predicted octanol–water partition coefficient (Wildman–Crippen LogP) is 1.15. The van der Waals surface area contributed by atoms with Gasteiger partial charge in [0.05, 0.1) is 18.0 Å². The number of hydrogen-bond acceptors (Lipinski definition) is 3. The molecular formula is C10H7F2N5O. The lowest BCUT2D eigenvalue weighted by Crippen LogP contribution is -2.07. The Hall–Kier alpha value is -2.51. The van der Waals surface area contributed by atoms with Crippen molar-refractivity contribution < 1.29 is 8.78 Å². The van der Waals surface area contributed by atoms with Crippen LogP contribution in [0.1, 0.15) is 12.0 Å². The van der Waals surface area contributed by atoms with Crippen molar-refractivity contribution >= 4 is 5.65 Å². The Morgan fingerprint density at radius 1 is 1.28 bits per heavy atom. The molecule has 0 unspecified atom stereocenters. The Kier molecular flexibility index (Phi) is 2.22. The zero-order valence-corrected chi connectivity index (χ0v) is 8.92. The van der Waals surface area contributed by atoms with E-state index < -0.39 is 6.43 Å². The van der Waals surface area contributed by atoms with E-state index in [-0.39, 0.29) is 11.1 Å². The second-order valence-electron chi connectivity index (χ2n) is 3.65. The van der Waals surface area contributed by atoms with Crippen LogP contribution in [-0.2, 0) is 0 Å². The van der Waals surface area contributed by atoms with E-state index in [0.29, 0.717) is 11.3 Å². The maximum atomic E-state index is 12.5. The van der Waals surface area contributed by atoms with E-state index in [4.69, 9.17) is 0 Å². The van der Waals surface area contributed by atoms with Crippen LogP contribution in [0, 0.1) is 0 Å². The highest BCUT2D eigenvalue weighted by Gasteiger charge is 2.13. The van der Waals surface area contributed by atoms with Gasteiger partial charge >= 0.3 is 0 Å². The van der Waals surface area contributed by atoms with E-state index in [1.165, 1.54) is 33.9 Å². The lowest BCUT2D eigenvalue weighted by Gasteiger charge is -1.97. The third-order valence-electron chi connectivity index (χ3n) is 2.49. The average molecular weight is 251 g/mol. The van der Waals surface area contributed by atoms with Gasteiger partial charge in [-0.25, -0.2) is 18.0 Å². The van der Waals surface area contributed by atoms with Crippen LogP contribution in [0.4, 0.5) is 8.78 Å². The minimum atomic E-state index is -2.58. The fourth-order valence-corrected chi connectivity index (χ4v) is 1.63. The summed E-state index contributed by atoms with van der Waals surface area (Å²) in [7, 11) is 0. The molecule has 0 saturated carbocycles. The SMILES string of the molecule is O=c1ccn2ncc(-n3cc(C(F)F)cn3)c2[nH]1. The van der Waals surface area contributed by atoms with Crippen LogP contribution in [0.5, 0.6) is 0 Å². The molecule has 0 amide bonds. The molecule has 0 aliphatic rings. The molecule has 0 fully saturated rings. The smallest absolute Gasteiger partial charge is 0.266 e. The summed E-state index contributed by atoms with van der Waals surface area (Å²) >= 11 is 0. The highest BCUT2D eigenvalue weighted by molar-refractivity contribution is 5.56. The van der Waals surface area contributed by atoms with Gasteiger partial charge in [0, 0.05) is 18.5 Å². The van der Waals surface area contributed by atoms with Gasteiger partial charge < -0.3 is 4.98 Å². The lowest BCUT2D eigenvalue weighted by molar-refractivity contribution is 0.151. The summed E-state index contributed by atoms with van der Waals surface area (Å²) in [6, 6.07) is 1.32. The van der Waals surface area contributed by atoms with Crippen LogP contribution in [0.2, 0.25) is 0 Å². The number of rotatable bonds is 2. The zero-order chi connectivity index (χ0) is 12.7. The highest BCUT2D eigenvalue weighted by atomic mass is 19.3. The first kappa shape index (κ1) is 10.6. The molecule has 0 bridgehead atoms. The fraction of sp³-hybridized carbons (Fsp3) is 0.100. The van der Waals surface area contributed by atoms with Gasteiger partial charge in [-0.2, -0.15) is 10.2 Å². The summed E-state index contributed by atoms with van der Waals surface area (Å²) in [6.07, 6.45) is 2.62. The summed E-state index contributed by atoms with van der Waals surface area (Å²) in [6.45, 7) is 0. The van der Waals surface area contributed by atoms with Gasteiger partial charge in [0.2, 0.25) is 0 Å². The Morgan fingerprint density at radius 3 is 2.83 bits per heavy atom. The first-order valence-electron chi connectivity index (χ1n) is 5.05. The minimum Gasteiger partial charge on any atom is -0.305 e. The normalized spacial score (nSPS) is 11.5. The molecule has 8 heteroatoms. The number of alkyl halides is 2. The summed E-state index contributed by atoms with van der Waals surface area (Å²) in [5.41, 5.74) is 0.337. The average Bonchev–Trinajstić information content (AvgIpc) is 2.93. The van der Waals surface area contributed by atoms with Gasteiger partial charge in [-0.3, -0.25) is 4.79 Å². The quantitative estimate of drug-likeness (QED) is 0.742. The van der Waals surface area contributed by atoms with Crippen molar-refractivity contribution in [1.29, 1.82) is 0 Å². The van der Waals surface area contributed by atoms with Crippen molar-refractivity contribution in [1.82, 2.24) is 24.4 Å². The van der Waals surface area contributed by atoms with E-state index in [1.54, 1.807) is 0 Å². The van der Waals surface area contributed by atoms with E-state index in [9.17, 15) is 13.6 Å². The zero-order valence-electron chi connectivity index (χ0n) is 8.92. The standard InChI is InChI=1S/C10H7F2N5O/c11-9(12)6-3-13-17(5-6)7-4-14-16-2-1-8(18)15-10(7)16/h1-5,9H,(H,15,18). The van der Waals surface area contributed by atoms with Crippen LogP contribution in [0.25, 0.3) is 11.3 Å². The van der Waals surface area contributed by atoms with Crippen molar-refractivity contribution in [2.75, 3.05) is 0 Å². The molecule has 0 aliphatic carbocycles. The second-order valence-corrected chi connectivity index (χ2v) is 3.65. The van der Waals surface area contributed by atoms with E-state index >= 15 is 0 Å². The van der Waals surface area contributed by atoms with E-state index in [0.717, 1.165) is 6.20 Å². The molecule has 18 heavy (non-hydrogen) atoms. The van der Waals surface area contributed by atoms with Crippen molar-refractivity contribution in [2.24, 2.45) is 0 Å². The number of halogens is 2. The van der Waals surface area contributed by atoms with Gasteiger partial charge in [0.1, 0.15) is 5.69 Å². The van der Waals surface area contributed by atoms with Gasteiger partial charge in [0.25, 0.3) is 12.0 Å². The molecule has 0 saturated heterocycles. The third kappa shape index (κ3) is 1.58. The number of nitrogens with zero attached hydrogens (tertiary/aromatic N) is 4. The molecule has 3 aromatic rings. The summed E-state index contributed by atoms with van der Waals surface area (Å²) in [5, 5.41) is 7.81. The first-order valence-corrected chi connectivity index (χ1v) is 5.05. The number of H-pyrrole nitrogens is 1. The molecule has 0 atom stereocenters. The molecule has 6 nitrogen and oxygen atoms in total. The van der Waals surface area contributed by atoms with E-state index in [1.807, 2.05) is 0 Å². The molecule has 3 rings (SSSR count). The predicted molar refractivity (Wildman–Crippen MR) is 57.9 cm³/mol. The van der Waals surface area contributed by atoms with Gasteiger partial charge in [-0.1, -0.05) is 0 Å². The number of nitrogens with one attached hydrogen (secondary N) is 1. The first-order chi connectivity index (χ1) is 8.65. The molecule has 3 aromatic heterocycles. The Bertz CT molecular complexity index is 757. The Labute approximate surface area is 98.5 Å². The molecule has 0 radical (unpaired) electrons. The molecule has 0 aliphatic heterocycles. The maximum absolute atomic E-state index is 12.5. The number of hydrogen-bond donors (Lipinski definition) is 1. The van der Waals surface area contributed by atoms with Crippen LogP contribution in [-0.4, -0.2) is 24.4 Å². The highest BCUT2D eigenvalue weighted by Crippen LogP contribution is 2.19. The van der Waals surface area contributed by atoms with Crippen LogP contribution in [0.15, 0.2) is 35.6 Å². The fourth-order valence-electron chi connectivity index (χ4n) is 1.63. The number of aromatic nitrogens is 5. The maximum Gasteiger partial charge on any atom is 0.266 e. The minimum absolute atomic E-state index is 0.187. The molecular weight excluding hydrogens is 244 g/mol. The van der Waals surface area contributed by atoms with Gasteiger partial charge in [-0.15, -0.1) is 0 Å². The van der Waals surface area contributed by atoms with Gasteiger partial charge in [0.15, 0.2) is 5.65 Å². The van der Waals surface area contributed by atoms with E-state index in [2.05, 4.69) is 15.2 Å². The summed E-state index contributed by atoms with van der Waals surface area (Å²) in [5.74, 6) is 0. The van der Waals surface area contributed by atoms with Crippen LogP contribution >= 0.6 is 0 Å². The van der Waals surface area contributed by atoms with Crippen molar-refractivity contribution in [2.45, 2.75) is 6.43 Å². The summed E-state index contributed by atoms with van der Waals surface area (Å²) < 4.78 is 27.6. The van der Waals surface area contributed by atoms with Gasteiger partial charge in [-0.05, 0) is 0 Å². The van der Waals surface area contributed by atoms with Crippen molar-refractivity contribution in [3.63, 3.8) is 0 Å². The lowest BCUT2D eigenvalue weighted by atomic mass is 10.4. The van der Waals surface area contributed by atoms with Crippen LogP contribution < -0.4 is 5.56 Å². The molecule has 0 aromatic carbocycles. The summed E-state index contributed by atoms with van der Waals surface area (Å²) in [4.78, 5) is 13.8. The number of aromatic amines is 1.